The maximum Gasteiger partial charge on any atom is 0.139 e. The summed E-state index contributed by atoms with van der Waals surface area (Å²) in [5, 5.41) is 15.2. The van der Waals surface area contributed by atoms with E-state index in [2.05, 4.69) is 30.4 Å². The number of nitrogens with zero attached hydrogens (tertiary/aromatic N) is 1. The van der Waals surface area contributed by atoms with Gasteiger partial charge in [0.2, 0.25) is 0 Å². The van der Waals surface area contributed by atoms with Crippen LogP contribution in [0.5, 0.6) is 0 Å². The van der Waals surface area contributed by atoms with Gasteiger partial charge in [-0.2, -0.15) is 0 Å². The lowest BCUT2D eigenvalue weighted by Crippen LogP contribution is -2.27. The molecule has 1 aromatic rings. The Morgan fingerprint density at radius 2 is 2.28 bits per heavy atom. The highest BCUT2D eigenvalue weighted by atomic mass is 32.1. The van der Waals surface area contributed by atoms with E-state index in [1.165, 1.54) is 28.2 Å². The molecule has 18 heavy (non-hydrogen) atoms. The van der Waals surface area contributed by atoms with Crippen LogP contribution in [0.2, 0.25) is 0 Å². The molecule has 0 atom stereocenters. The minimum Gasteiger partial charge on any atom is -0.409 e. The van der Waals surface area contributed by atoms with Crippen molar-refractivity contribution in [2.75, 3.05) is 6.54 Å². The summed E-state index contributed by atoms with van der Waals surface area (Å²) in [4.78, 5) is 2.77. The first-order valence-corrected chi connectivity index (χ1v) is 7.09. The second-order valence-electron chi connectivity index (χ2n) is 5.32. The van der Waals surface area contributed by atoms with E-state index >= 15 is 0 Å². The van der Waals surface area contributed by atoms with Crippen LogP contribution in [-0.2, 0) is 6.54 Å². The van der Waals surface area contributed by atoms with Crippen molar-refractivity contribution < 1.29 is 5.21 Å². The Kier molecular flexibility index (Phi) is 3.92. The largest absolute Gasteiger partial charge is 0.409 e. The molecular weight excluding hydrogens is 246 g/mol. The Hall–Kier alpha value is -1.07. The van der Waals surface area contributed by atoms with Crippen molar-refractivity contribution in [3.63, 3.8) is 0 Å². The Morgan fingerprint density at radius 3 is 2.78 bits per heavy atom. The molecule has 0 amide bonds. The molecule has 0 aliphatic heterocycles. The predicted molar refractivity (Wildman–Crippen MR) is 75.2 cm³/mol. The van der Waals surface area contributed by atoms with E-state index < -0.39 is 0 Å². The van der Waals surface area contributed by atoms with Gasteiger partial charge in [-0.25, -0.2) is 0 Å². The predicted octanol–water partition coefficient (Wildman–Crippen LogP) is 2.37. The van der Waals surface area contributed by atoms with E-state index in [4.69, 9.17) is 10.9 Å². The number of thiophene rings is 1. The highest BCUT2D eigenvalue weighted by Gasteiger charge is 2.42. The molecule has 0 unspecified atom stereocenters. The summed E-state index contributed by atoms with van der Waals surface area (Å²) in [5.74, 6) is 0.345. The second kappa shape index (κ2) is 5.28. The van der Waals surface area contributed by atoms with Crippen LogP contribution in [0.1, 0.15) is 34.6 Å². The van der Waals surface area contributed by atoms with Crippen molar-refractivity contribution in [3.05, 3.63) is 21.4 Å². The van der Waals surface area contributed by atoms with Crippen molar-refractivity contribution in [2.45, 2.75) is 39.7 Å². The summed E-state index contributed by atoms with van der Waals surface area (Å²) in [7, 11) is 0. The van der Waals surface area contributed by atoms with Crippen molar-refractivity contribution in [2.24, 2.45) is 16.3 Å². The zero-order valence-corrected chi connectivity index (χ0v) is 11.8. The van der Waals surface area contributed by atoms with Crippen molar-refractivity contribution in [3.8, 4) is 0 Å². The van der Waals surface area contributed by atoms with Crippen LogP contribution in [0.15, 0.2) is 11.2 Å². The summed E-state index contributed by atoms with van der Waals surface area (Å²) >= 11 is 1.85. The quantitative estimate of drug-likeness (QED) is 0.321. The SMILES string of the molecule is Cc1cc(CNCC2(CC(N)=NO)CC2)sc1C. The molecule has 100 valence electrons. The molecule has 0 aromatic carbocycles. The number of aryl methyl sites for hydroxylation is 2. The monoisotopic (exact) mass is 267 g/mol. The van der Waals surface area contributed by atoms with Gasteiger partial charge in [0, 0.05) is 29.3 Å². The van der Waals surface area contributed by atoms with E-state index in [9.17, 15) is 0 Å². The first-order valence-electron chi connectivity index (χ1n) is 6.28. The minimum atomic E-state index is 0.234. The number of hydrogen-bond donors (Lipinski definition) is 3. The number of hydrogen-bond acceptors (Lipinski definition) is 4. The second-order valence-corrected chi connectivity index (χ2v) is 6.66. The number of nitrogens with two attached hydrogens (primary N) is 1. The van der Waals surface area contributed by atoms with Crippen LogP contribution in [-0.4, -0.2) is 17.6 Å². The molecule has 0 bridgehead atoms. The van der Waals surface area contributed by atoms with Crippen LogP contribution in [0.4, 0.5) is 0 Å². The van der Waals surface area contributed by atoms with Crippen LogP contribution in [0.25, 0.3) is 0 Å². The zero-order chi connectivity index (χ0) is 13.2. The first kappa shape index (κ1) is 13.4. The van der Waals surface area contributed by atoms with E-state index in [1.54, 1.807) is 0 Å². The van der Waals surface area contributed by atoms with Gasteiger partial charge in [-0.15, -0.1) is 11.3 Å². The van der Waals surface area contributed by atoms with Gasteiger partial charge >= 0.3 is 0 Å². The summed E-state index contributed by atoms with van der Waals surface area (Å²) in [6.07, 6.45) is 3.02. The normalized spacial score (nSPS) is 18.0. The minimum absolute atomic E-state index is 0.234. The third kappa shape index (κ3) is 3.23. The maximum atomic E-state index is 8.61. The van der Waals surface area contributed by atoms with E-state index in [1.807, 2.05) is 11.3 Å². The van der Waals surface area contributed by atoms with Crippen molar-refractivity contribution >= 4 is 17.2 Å². The third-order valence-electron chi connectivity index (χ3n) is 3.66. The average Bonchev–Trinajstić information content (AvgIpc) is 3.00. The van der Waals surface area contributed by atoms with Crippen molar-refractivity contribution in [1.82, 2.24) is 5.32 Å². The van der Waals surface area contributed by atoms with Crippen LogP contribution < -0.4 is 11.1 Å². The number of nitrogens with one attached hydrogen (secondary N) is 1. The van der Waals surface area contributed by atoms with Gasteiger partial charge in [0.05, 0.1) is 0 Å². The first-order chi connectivity index (χ1) is 8.54. The molecule has 1 aromatic heterocycles. The lowest BCUT2D eigenvalue weighted by molar-refractivity contribution is 0.314. The highest BCUT2D eigenvalue weighted by Crippen LogP contribution is 2.48. The van der Waals surface area contributed by atoms with Crippen LogP contribution in [0, 0.1) is 19.3 Å². The van der Waals surface area contributed by atoms with Gasteiger partial charge < -0.3 is 16.3 Å². The molecule has 4 nitrogen and oxygen atoms in total. The summed E-state index contributed by atoms with van der Waals surface area (Å²) in [6.45, 7) is 6.16. The Morgan fingerprint density at radius 1 is 1.56 bits per heavy atom. The fourth-order valence-corrected chi connectivity index (χ4v) is 3.22. The molecule has 1 aliphatic rings. The fourth-order valence-electron chi connectivity index (χ4n) is 2.20. The molecule has 4 N–H and O–H groups in total. The van der Waals surface area contributed by atoms with Gasteiger partial charge in [-0.3, -0.25) is 0 Å². The number of amidine groups is 1. The molecule has 1 heterocycles. The molecule has 1 fully saturated rings. The van der Waals surface area contributed by atoms with Gasteiger partial charge in [-0.1, -0.05) is 5.16 Å². The van der Waals surface area contributed by atoms with Gasteiger partial charge in [0.15, 0.2) is 0 Å². The molecule has 0 saturated heterocycles. The van der Waals surface area contributed by atoms with E-state index in [0.717, 1.165) is 13.1 Å². The van der Waals surface area contributed by atoms with Crippen LogP contribution in [0.3, 0.4) is 0 Å². The summed E-state index contributed by atoms with van der Waals surface area (Å²) in [6, 6.07) is 2.25. The Balaban J connectivity index is 1.78. The molecule has 1 saturated carbocycles. The third-order valence-corrected chi connectivity index (χ3v) is 4.81. The fraction of sp³-hybridized carbons (Fsp3) is 0.615. The van der Waals surface area contributed by atoms with Gasteiger partial charge in [0.1, 0.15) is 5.84 Å². The van der Waals surface area contributed by atoms with Gasteiger partial charge in [0.25, 0.3) is 0 Å². The average molecular weight is 267 g/mol. The van der Waals surface area contributed by atoms with Crippen LogP contribution >= 0.6 is 11.3 Å². The Labute approximate surface area is 112 Å². The smallest absolute Gasteiger partial charge is 0.139 e. The number of rotatable bonds is 6. The summed E-state index contributed by atoms with van der Waals surface area (Å²) < 4.78 is 0. The zero-order valence-electron chi connectivity index (χ0n) is 11.0. The molecule has 0 spiro atoms. The molecule has 1 aliphatic carbocycles. The van der Waals surface area contributed by atoms with Crippen molar-refractivity contribution in [1.29, 1.82) is 0 Å². The molecule has 2 rings (SSSR count). The summed E-state index contributed by atoms with van der Waals surface area (Å²) in [5.41, 5.74) is 7.18. The topological polar surface area (TPSA) is 70.6 Å². The molecular formula is C13H21N3OS. The van der Waals surface area contributed by atoms with E-state index in [0.29, 0.717) is 12.3 Å². The van der Waals surface area contributed by atoms with E-state index in [-0.39, 0.29) is 5.41 Å². The lowest BCUT2D eigenvalue weighted by atomic mass is 10.0. The molecule has 0 radical (unpaired) electrons. The number of oxime groups is 1. The van der Waals surface area contributed by atoms with Gasteiger partial charge in [-0.05, 0) is 43.7 Å². The lowest BCUT2D eigenvalue weighted by Gasteiger charge is -2.14. The standard InChI is InChI=1S/C13H21N3OS/c1-9-5-11(18-10(9)2)7-15-8-13(3-4-13)6-12(14)16-17/h5,15,17H,3-4,6-8H2,1-2H3,(H2,14,16). The molecule has 5 heteroatoms. The highest BCUT2D eigenvalue weighted by molar-refractivity contribution is 7.12. The maximum absolute atomic E-state index is 8.61. The Bertz CT molecular complexity index is 430.